The molecule has 3 rings (SSSR count). The number of carbonyl (C=O) groups is 1. The smallest absolute Gasteiger partial charge is 0.238 e. The quantitative estimate of drug-likeness (QED) is 0.880. The van der Waals surface area contributed by atoms with E-state index >= 15 is 0 Å². The molecule has 1 aliphatic heterocycles. The maximum absolute atomic E-state index is 13.6. The molecule has 0 radical (unpaired) electrons. The van der Waals surface area contributed by atoms with Crippen molar-refractivity contribution >= 4 is 34.5 Å². The normalized spacial score (nSPS) is 16.2. The van der Waals surface area contributed by atoms with E-state index in [2.05, 4.69) is 31.9 Å². The van der Waals surface area contributed by atoms with E-state index in [-0.39, 0.29) is 18.1 Å². The summed E-state index contributed by atoms with van der Waals surface area (Å²) < 4.78 is 13.6. The number of piperazine rings is 1. The molecule has 0 spiro atoms. The standard InChI is InChI=1S/C17H19ClFN3OS/c18-14-1-2-15(19)16(9-14)20-17(23)11-22-6-4-21(5-7-22)10-13-3-8-24-12-13/h1-3,8-9,12H,4-7,10-11H2,(H,20,23). The van der Waals surface area contributed by atoms with E-state index in [1.807, 2.05) is 0 Å². The van der Waals surface area contributed by atoms with E-state index in [1.54, 1.807) is 11.3 Å². The van der Waals surface area contributed by atoms with Gasteiger partial charge in [0.25, 0.3) is 0 Å². The maximum Gasteiger partial charge on any atom is 0.238 e. The van der Waals surface area contributed by atoms with E-state index in [0.29, 0.717) is 5.02 Å². The summed E-state index contributed by atoms with van der Waals surface area (Å²) in [7, 11) is 0. The van der Waals surface area contributed by atoms with Gasteiger partial charge in [-0.3, -0.25) is 14.6 Å². The number of rotatable bonds is 5. The summed E-state index contributed by atoms with van der Waals surface area (Å²) >= 11 is 7.54. The zero-order valence-corrected chi connectivity index (χ0v) is 14.7. The van der Waals surface area contributed by atoms with Crippen LogP contribution >= 0.6 is 22.9 Å². The second-order valence-corrected chi connectivity index (χ2v) is 7.07. The Bertz CT molecular complexity index is 687. The molecule has 7 heteroatoms. The van der Waals surface area contributed by atoms with Crippen molar-refractivity contribution in [1.82, 2.24) is 9.80 Å². The highest BCUT2D eigenvalue weighted by Crippen LogP contribution is 2.19. The first-order valence-electron chi connectivity index (χ1n) is 7.81. The number of benzene rings is 1. The van der Waals surface area contributed by atoms with Crippen LogP contribution in [-0.2, 0) is 11.3 Å². The summed E-state index contributed by atoms with van der Waals surface area (Å²) in [6, 6.07) is 6.28. The second-order valence-electron chi connectivity index (χ2n) is 5.86. The number of carbonyl (C=O) groups excluding carboxylic acids is 1. The molecule has 24 heavy (non-hydrogen) atoms. The zero-order valence-electron chi connectivity index (χ0n) is 13.2. The molecule has 2 aromatic rings. The van der Waals surface area contributed by atoms with Gasteiger partial charge in [0.2, 0.25) is 5.91 Å². The summed E-state index contributed by atoms with van der Waals surface area (Å²) in [4.78, 5) is 16.6. The molecule has 4 nitrogen and oxygen atoms in total. The van der Waals surface area contributed by atoms with Crippen LogP contribution in [0.15, 0.2) is 35.0 Å². The number of hydrogen-bond donors (Lipinski definition) is 1. The Morgan fingerprint density at radius 3 is 2.67 bits per heavy atom. The van der Waals surface area contributed by atoms with Crippen LogP contribution in [0.4, 0.5) is 10.1 Å². The van der Waals surface area contributed by atoms with Crippen molar-refractivity contribution in [3.05, 3.63) is 51.4 Å². The number of anilines is 1. The molecule has 0 bridgehead atoms. The Balaban J connectivity index is 1.45. The Morgan fingerprint density at radius 2 is 1.96 bits per heavy atom. The fraction of sp³-hybridized carbons (Fsp3) is 0.353. The van der Waals surface area contributed by atoms with Crippen molar-refractivity contribution in [2.24, 2.45) is 0 Å². The molecule has 0 unspecified atom stereocenters. The van der Waals surface area contributed by atoms with Crippen LogP contribution in [-0.4, -0.2) is 48.4 Å². The zero-order chi connectivity index (χ0) is 16.9. The second kappa shape index (κ2) is 8.07. The molecule has 128 valence electrons. The van der Waals surface area contributed by atoms with Crippen LogP contribution in [0.5, 0.6) is 0 Å². The summed E-state index contributed by atoms with van der Waals surface area (Å²) in [5.41, 5.74) is 1.46. The van der Waals surface area contributed by atoms with Crippen LogP contribution in [0.3, 0.4) is 0 Å². The minimum atomic E-state index is -0.478. The predicted molar refractivity (Wildman–Crippen MR) is 96.1 cm³/mol. The van der Waals surface area contributed by atoms with Gasteiger partial charge in [-0.25, -0.2) is 4.39 Å². The topological polar surface area (TPSA) is 35.6 Å². The first kappa shape index (κ1) is 17.4. The molecule has 0 atom stereocenters. The van der Waals surface area contributed by atoms with Crippen molar-refractivity contribution in [3.8, 4) is 0 Å². The Hall–Kier alpha value is -1.47. The van der Waals surface area contributed by atoms with E-state index in [9.17, 15) is 9.18 Å². The van der Waals surface area contributed by atoms with Crippen molar-refractivity contribution < 1.29 is 9.18 Å². The molecule has 2 heterocycles. The van der Waals surface area contributed by atoms with Gasteiger partial charge in [-0.15, -0.1) is 0 Å². The number of thiophene rings is 1. The number of nitrogens with zero attached hydrogens (tertiary/aromatic N) is 2. The number of amides is 1. The van der Waals surface area contributed by atoms with Crippen LogP contribution in [0, 0.1) is 5.82 Å². The first-order chi connectivity index (χ1) is 11.6. The highest BCUT2D eigenvalue weighted by atomic mass is 35.5. The lowest BCUT2D eigenvalue weighted by Crippen LogP contribution is -2.48. The molecule has 0 saturated carbocycles. The Labute approximate surface area is 149 Å². The predicted octanol–water partition coefficient (Wildman–Crippen LogP) is 3.30. The lowest BCUT2D eigenvalue weighted by molar-refractivity contribution is -0.117. The van der Waals surface area contributed by atoms with Gasteiger partial charge in [0.15, 0.2) is 0 Å². The van der Waals surface area contributed by atoms with Crippen LogP contribution < -0.4 is 5.32 Å². The van der Waals surface area contributed by atoms with Gasteiger partial charge in [-0.2, -0.15) is 11.3 Å². The van der Waals surface area contributed by atoms with E-state index in [4.69, 9.17) is 11.6 Å². The molecule has 1 aromatic carbocycles. The van der Waals surface area contributed by atoms with Crippen LogP contribution in [0.25, 0.3) is 0 Å². The van der Waals surface area contributed by atoms with Crippen LogP contribution in [0.1, 0.15) is 5.56 Å². The van der Waals surface area contributed by atoms with Gasteiger partial charge in [0, 0.05) is 37.7 Å². The summed E-state index contributed by atoms with van der Waals surface area (Å²) in [6.45, 7) is 4.73. The molecular weight excluding hydrogens is 349 g/mol. The van der Waals surface area contributed by atoms with Crippen molar-refractivity contribution in [2.75, 3.05) is 38.0 Å². The minimum Gasteiger partial charge on any atom is -0.322 e. The molecular formula is C17H19ClFN3OS. The van der Waals surface area contributed by atoms with E-state index in [1.165, 1.54) is 23.8 Å². The maximum atomic E-state index is 13.6. The third-order valence-electron chi connectivity index (χ3n) is 4.02. The highest BCUT2D eigenvalue weighted by molar-refractivity contribution is 7.07. The molecule has 1 N–H and O–H groups in total. The molecule has 1 amide bonds. The Kier molecular flexibility index (Phi) is 5.84. The van der Waals surface area contributed by atoms with Gasteiger partial charge in [0.1, 0.15) is 5.82 Å². The SMILES string of the molecule is O=C(CN1CCN(Cc2ccsc2)CC1)Nc1cc(Cl)ccc1F. The summed E-state index contributed by atoms with van der Waals surface area (Å²) in [6.07, 6.45) is 0. The number of nitrogens with one attached hydrogen (secondary N) is 1. The number of hydrogen-bond acceptors (Lipinski definition) is 4. The van der Waals surface area contributed by atoms with Gasteiger partial charge in [-0.05, 0) is 40.6 Å². The first-order valence-corrected chi connectivity index (χ1v) is 9.13. The van der Waals surface area contributed by atoms with Gasteiger partial charge in [0.05, 0.1) is 12.2 Å². The monoisotopic (exact) mass is 367 g/mol. The van der Waals surface area contributed by atoms with Gasteiger partial charge in [-0.1, -0.05) is 11.6 Å². The van der Waals surface area contributed by atoms with E-state index < -0.39 is 5.82 Å². The van der Waals surface area contributed by atoms with Gasteiger partial charge < -0.3 is 5.32 Å². The number of halogens is 2. The van der Waals surface area contributed by atoms with Crippen molar-refractivity contribution in [1.29, 1.82) is 0 Å². The largest absolute Gasteiger partial charge is 0.322 e. The summed E-state index contributed by atoms with van der Waals surface area (Å²) in [5, 5.41) is 7.24. The third kappa shape index (κ3) is 4.77. The fourth-order valence-electron chi connectivity index (χ4n) is 2.73. The minimum absolute atomic E-state index is 0.128. The lowest BCUT2D eigenvalue weighted by Gasteiger charge is -2.34. The summed E-state index contributed by atoms with van der Waals surface area (Å²) in [5.74, 6) is -0.698. The molecule has 1 aliphatic rings. The van der Waals surface area contributed by atoms with Crippen LogP contribution in [0.2, 0.25) is 5.02 Å². The fourth-order valence-corrected chi connectivity index (χ4v) is 3.56. The highest BCUT2D eigenvalue weighted by Gasteiger charge is 2.19. The molecule has 1 aromatic heterocycles. The van der Waals surface area contributed by atoms with Gasteiger partial charge >= 0.3 is 0 Å². The van der Waals surface area contributed by atoms with Crippen molar-refractivity contribution in [3.63, 3.8) is 0 Å². The van der Waals surface area contributed by atoms with E-state index in [0.717, 1.165) is 32.7 Å². The molecule has 1 saturated heterocycles. The molecule has 0 aliphatic carbocycles. The Morgan fingerprint density at radius 1 is 1.21 bits per heavy atom. The average Bonchev–Trinajstić information content (AvgIpc) is 3.06. The molecule has 1 fully saturated rings. The van der Waals surface area contributed by atoms with Crippen molar-refractivity contribution in [2.45, 2.75) is 6.54 Å². The third-order valence-corrected chi connectivity index (χ3v) is 4.99. The average molecular weight is 368 g/mol. The lowest BCUT2D eigenvalue weighted by atomic mass is 10.2.